The van der Waals surface area contributed by atoms with E-state index in [0.29, 0.717) is 31.2 Å². The number of aromatic nitrogens is 2. The highest BCUT2D eigenvalue weighted by molar-refractivity contribution is 5.40. The normalized spacial score (nSPS) is 14.1. The number of methoxy groups -OCH3 is 1. The Labute approximate surface area is 100 Å². The van der Waals surface area contributed by atoms with Crippen molar-refractivity contribution in [1.29, 1.82) is 0 Å². The molecule has 1 aromatic rings. The van der Waals surface area contributed by atoms with Crippen LogP contribution >= 0.6 is 0 Å². The molecule has 1 heterocycles. The number of ether oxygens (including phenoxy) is 1. The zero-order valence-corrected chi connectivity index (χ0v) is 10.1. The largest absolute Gasteiger partial charge is 0.388 e. The quantitative estimate of drug-likeness (QED) is 0.392. The molecule has 7 nitrogen and oxygen atoms in total. The third-order valence-corrected chi connectivity index (χ3v) is 2.28. The van der Waals surface area contributed by atoms with Crippen LogP contribution in [0.15, 0.2) is 12.4 Å². The Hall–Kier alpha value is -1.44. The Kier molecular flexibility index (Phi) is 5.08. The summed E-state index contributed by atoms with van der Waals surface area (Å²) < 4.78 is 4.92. The van der Waals surface area contributed by atoms with Crippen molar-refractivity contribution in [3.8, 4) is 0 Å². The summed E-state index contributed by atoms with van der Waals surface area (Å²) in [6, 6.07) is 0. The molecule has 0 radical (unpaired) electrons. The van der Waals surface area contributed by atoms with Crippen molar-refractivity contribution in [3.05, 3.63) is 12.4 Å². The van der Waals surface area contributed by atoms with Crippen molar-refractivity contribution in [2.45, 2.75) is 18.9 Å². The highest BCUT2D eigenvalue weighted by Gasteiger charge is 2.19. The maximum absolute atomic E-state index is 10.0. The van der Waals surface area contributed by atoms with Crippen LogP contribution in [0.2, 0.25) is 0 Å². The van der Waals surface area contributed by atoms with Crippen LogP contribution in [0, 0.1) is 0 Å². The monoisotopic (exact) mass is 241 g/mol. The molecule has 0 amide bonds. The first kappa shape index (κ1) is 13.6. The van der Waals surface area contributed by atoms with E-state index in [-0.39, 0.29) is 0 Å². The molecule has 1 rings (SSSR count). The van der Waals surface area contributed by atoms with Gasteiger partial charge in [0.15, 0.2) is 5.82 Å². The number of nitrogens with zero attached hydrogens (tertiary/aromatic N) is 2. The zero-order valence-electron chi connectivity index (χ0n) is 10.1. The lowest BCUT2D eigenvalue weighted by atomic mass is 10.0. The van der Waals surface area contributed by atoms with Gasteiger partial charge in [-0.05, 0) is 6.92 Å². The van der Waals surface area contributed by atoms with Gasteiger partial charge in [0, 0.05) is 26.7 Å². The van der Waals surface area contributed by atoms with Gasteiger partial charge in [-0.3, -0.25) is 4.98 Å². The molecule has 0 bridgehead atoms. The van der Waals surface area contributed by atoms with E-state index in [1.165, 1.54) is 6.20 Å². The summed E-state index contributed by atoms with van der Waals surface area (Å²) in [5.74, 6) is 6.24. The van der Waals surface area contributed by atoms with E-state index < -0.39 is 5.60 Å². The van der Waals surface area contributed by atoms with Crippen LogP contribution in [0.5, 0.6) is 0 Å². The molecule has 0 aliphatic heterocycles. The number of nitrogen functional groups attached to an aromatic ring is 1. The lowest BCUT2D eigenvalue weighted by Gasteiger charge is -2.23. The van der Waals surface area contributed by atoms with Crippen LogP contribution in [0.4, 0.5) is 11.6 Å². The fourth-order valence-corrected chi connectivity index (χ4v) is 1.21. The number of aliphatic hydroxyl groups is 1. The minimum absolute atomic E-state index is 0.360. The first-order chi connectivity index (χ1) is 8.07. The van der Waals surface area contributed by atoms with E-state index in [0.717, 1.165) is 0 Å². The van der Waals surface area contributed by atoms with Gasteiger partial charge in [-0.25, -0.2) is 10.8 Å². The second-order valence-corrected chi connectivity index (χ2v) is 4.03. The van der Waals surface area contributed by atoms with Crippen LogP contribution in [-0.4, -0.2) is 40.9 Å². The van der Waals surface area contributed by atoms with E-state index in [1.807, 2.05) is 0 Å². The topological polar surface area (TPSA) is 105 Å². The van der Waals surface area contributed by atoms with Crippen LogP contribution in [0.3, 0.4) is 0 Å². The molecule has 0 spiro atoms. The molecule has 0 aliphatic rings. The van der Waals surface area contributed by atoms with Gasteiger partial charge >= 0.3 is 0 Å². The molecule has 0 saturated carbocycles. The highest BCUT2D eigenvalue weighted by atomic mass is 16.5. The van der Waals surface area contributed by atoms with Crippen LogP contribution in [-0.2, 0) is 4.74 Å². The van der Waals surface area contributed by atoms with E-state index in [4.69, 9.17) is 10.6 Å². The Morgan fingerprint density at radius 2 is 2.18 bits per heavy atom. The van der Waals surface area contributed by atoms with Gasteiger partial charge < -0.3 is 20.6 Å². The predicted molar refractivity (Wildman–Crippen MR) is 65.4 cm³/mol. The standard InChI is InChI=1S/C10H19N5O2/c1-10(16,3-4-17-2)7-13-8-5-12-6-9(14-8)15-11/h5-6,16H,3-4,7,11H2,1-2H3,(H2,13,14,15). The zero-order chi connectivity index (χ0) is 12.7. The third kappa shape index (κ3) is 4.94. The molecule has 96 valence electrons. The lowest BCUT2D eigenvalue weighted by Crippen LogP contribution is -2.34. The van der Waals surface area contributed by atoms with Gasteiger partial charge in [0.2, 0.25) is 0 Å². The minimum atomic E-state index is -0.857. The second-order valence-electron chi connectivity index (χ2n) is 4.03. The summed E-state index contributed by atoms with van der Waals surface area (Å²) >= 11 is 0. The highest BCUT2D eigenvalue weighted by Crippen LogP contribution is 2.11. The predicted octanol–water partition coefficient (Wildman–Crippen LogP) is -0.0384. The van der Waals surface area contributed by atoms with E-state index in [9.17, 15) is 5.11 Å². The van der Waals surface area contributed by atoms with Gasteiger partial charge in [0.05, 0.1) is 18.0 Å². The molecule has 5 N–H and O–H groups in total. The van der Waals surface area contributed by atoms with Gasteiger partial charge in [-0.1, -0.05) is 0 Å². The number of hydrogen-bond donors (Lipinski definition) is 4. The first-order valence-electron chi connectivity index (χ1n) is 5.31. The lowest BCUT2D eigenvalue weighted by molar-refractivity contribution is 0.0357. The van der Waals surface area contributed by atoms with E-state index in [1.54, 1.807) is 20.2 Å². The first-order valence-corrected chi connectivity index (χ1v) is 5.31. The van der Waals surface area contributed by atoms with Crippen LogP contribution in [0.25, 0.3) is 0 Å². The SMILES string of the molecule is COCCC(C)(O)CNc1cncc(NN)n1. The Morgan fingerprint density at radius 1 is 1.47 bits per heavy atom. The molecule has 1 unspecified atom stereocenters. The van der Waals surface area contributed by atoms with E-state index in [2.05, 4.69) is 20.7 Å². The smallest absolute Gasteiger partial charge is 0.160 e. The number of nitrogens with one attached hydrogen (secondary N) is 2. The van der Waals surface area contributed by atoms with Crippen LogP contribution < -0.4 is 16.6 Å². The molecule has 1 aromatic heterocycles. The van der Waals surface area contributed by atoms with Gasteiger partial charge in [0.25, 0.3) is 0 Å². The summed E-state index contributed by atoms with van der Waals surface area (Å²) in [6.07, 6.45) is 3.61. The summed E-state index contributed by atoms with van der Waals surface area (Å²) in [5, 5.41) is 13.0. The maximum Gasteiger partial charge on any atom is 0.160 e. The number of anilines is 2. The van der Waals surface area contributed by atoms with Gasteiger partial charge in [0.1, 0.15) is 5.82 Å². The Bertz CT molecular complexity index is 345. The Balaban J connectivity index is 2.48. The molecule has 17 heavy (non-hydrogen) atoms. The molecular weight excluding hydrogens is 222 g/mol. The summed E-state index contributed by atoms with van der Waals surface area (Å²) in [4.78, 5) is 8.07. The molecule has 0 aliphatic carbocycles. The summed E-state index contributed by atoms with van der Waals surface area (Å²) in [7, 11) is 1.60. The summed E-state index contributed by atoms with van der Waals surface area (Å²) in [6.45, 7) is 2.60. The molecular formula is C10H19N5O2. The van der Waals surface area contributed by atoms with Crippen molar-refractivity contribution < 1.29 is 9.84 Å². The number of hydrogen-bond acceptors (Lipinski definition) is 7. The number of rotatable bonds is 7. The number of nitrogens with two attached hydrogens (primary N) is 1. The molecule has 1 atom stereocenters. The average Bonchev–Trinajstić information content (AvgIpc) is 2.34. The molecule has 0 fully saturated rings. The molecule has 0 aromatic carbocycles. The number of hydrazine groups is 1. The second kappa shape index (κ2) is 6.33. The van der Waals surface area contributed by atoms with Crippen molar-refractivity contribution in [1.82, 2.24) is 9.97 Å². The van der Waals surface area contributed by atoms with Crippen LogP contribution in [0.1, 0.15) is 13.3 Å². The summed E-state index contributed by atoms with van der Waals surface area (Å²) in [5.41, 5.74) is 1.55. The van der Waals surface area contributed by atoms with Crippen molar-refractivity contribution in [2.24, 2.45) is 5.84 Å². The van der Waals surface area contributed by atoms with Crippen molar-refractivity contribution in [2.75, 3.05) is 31.0 Å². The minimum Gasteiger partial charge on any atom is -0.388 e. The van der Waals surface area contributed by atoms with E-state index >= 15 is 0 Å². The average molecular weight is 241 g/mol. The fourth-order valence-electron chi connectivity index (χ4n) is 1.21. The van der Waals surface area contributed by atoms with Gasteiger partial charge in [-0.2, -0.15) is 0 Å². The van der Waals surface area contributed by atoms with Crippen molar-refractivity contribution in [3.63, 3.8) is 0 Å². The van der Waals surface area contributed by atoms with Crippen molar-refractivity contribution >= 4 is 11.6 Å². The van der Waals surface area contributed by atoms with Gasteiger partial charge in [-0.15, -0.1) is 0 Å². The third-order valence-electron chi connectivity index (χ3n) is 2.28. The Morgan fingerprint density at radius 3 is 2.82 bits per heavy atom. The maximum atomic E-state index is 10.0. The molecule has 0 saturated heterocycles. The molecule has 7 heteroatoms. The fraction of sp³-hybridized carbons (Fsp3) is 0.600.